The number of β-lactam (4-membered cyclic amide) rings is 1. The first-order chi connectivity index (χ1) is 15.8. The van der Waals surface area contributed by atoms with E-state index < -0.39 is 34.9 Å². The van der Waals surface area contributed by atoms with Gasteiger partial charge < -0.3 is 30.9 Å². The van der Waals surface area contributed by atoms with Gasteiger partial charge in [0.15, 0.2) is 10.8 Å². The number of ether oxygens (including phenoxy) is 1. The maximum absolute atomic E-state index is 12.7. The number of aromatic nitrogens is 2. The molecule has 0 aromatic carbocycles. The quantitative estimate of drug-likeness (QED) is 0.107. The third-order valence-corrected chi connectivity index (χ3v) is 7.43. The van der Waals surface area contributed by atoms with Crippen LogP contribution >= 0.6 is 34.6 Å². The van der Waals surface area contributed by atoms with Gasteiger partial charge in [-0.3, -0.25) is 14.5 Å². The molecule has 0 aliphatic carbocycles. The van der Waals surface area contributed by atoms with E-state index >= 15 is 0 Å². The van der Waals surface area contributed by atoms with E-state index in [-0.39, 0.29) is 51.8 Å². The number of carboxylic acid groups (broad SMARTS) is 1. The number of carbonyl (C=O) groups is 3. The number of oxime groups is 1. The van der Waals surface area contributed by atoms with Crippen molar-refractivity contribution in [2.75, 3.05) is 18.6 Å². The van der Waals surface area contributed by atoms with Crippen molar-refractivity contribution in [3.63, 3.8) is 0 Å². The van der Waals surface area contributed by atoms with Crippen LogP contribution in [0.4, 0.5) is 5.13 Å². The maximum atomic E-state index is 12.7. The number of hydrogen-bond acceptors (Lipinski definition) is 13. The molecular formula is C18H15N6NaO6S3. The molecule has 16 heteroatoms. The number of nitrogens with one attached hydrogen (secondary N) is 1. The first-order valence-electron chi connectivity index (χ1n) is 9.16. The van der Waals surface area contributed by atoms with Crippen LogP contribution in [0.5, 0.6) is 5.88 Å². The molecule has 0 unspecified atom stereocenters. The summed E-state index contributed by atoms with van der Waals surface area (Å²) in [4.78, 5) is 42.8. The number of thioether (sulfide) groups is 1. The van der Waals surface area contributed by atoms with E-state index in [9.17, 15) is 24.7 Å². The second-order valence-corrected chi connectivity index (χ2v) is 9.48. The number of hydrogen-bond donors (Lipinski definition) is 3. The zero-order valence-electron chi connectivity index (χ0n) is 17.8. The Labute approximate surface area is 227 Å². The molecular weight excluding hydrogens is 515 g/mol. The van der Waals surface area contributed by atoms with Crippen LogP contribution in [0.1, 0.15) is 10.6 Å². The van der Waals surface area contributed by atoms with Gasteiger partial charge in [-0.15, -0.1) is 23.1 Å². The van der Waals surface area contributed by atoms with Crippen molar-refractivity contribution < 1.29 is 59.0 Å². The molecule has 2 aromatic rings. The minimum atomic E-state index is -1.50. The van der Waals surface area contributed by atoms with E-state index in [1.165, 1.54) is 35.8 Å². The maximum Gasteiger partial charge on any atom is 1.00 e. The number of thiazole rings is 1. The number of amides is 2. The van der Waals surface area contributed by atoms with Crippen LogP contribution < -0.4 is 50.5 Å². The van der Waals surface area contributed by atoms with Crippen LogP contribution in [-0.4, -0.2) is 67.2 Å². The van der Waals surface area contributed by atoms with Crippen molar-refractivity contribution in [2.45, 2.75) is 11.4 Å². The second-order valence-electron chi connectivity index (χ2n) is 6.65. The number of methoxy groups -OCH3 is 1. The summed E-state index contributed by atoms with van der Waals surface area (Å²) in [5.74, 6) is -2.27. The molecule has 2 aliphatic rings. The third-order valence-electron chi connectivity index (χ3n) is 4.72. The molecule has 0 radical (unpaired) electrons. The molecule has 4 N–H and O–H groups in total. The molecule has 4 heterocycles. The van der Waals surface area contributed by atoms with Crippen LogP contribution in [0.3, 0.4) is 0 Å². The Morgan fingerprint density at radius 3 is 2.79 bits per heavy atom. The first-order valence-corrected chi connectivity index (χ1v) is 11.9. The number of nitrogen functional groups attached to an aromatic ring is 1. The van der Waals surface area contributed by atoms with Gasteiger partial charge in [-0.2, -0.15) is 4.37 Å². The number of nitrogens with zero attached hydrogens (tertiary/aromatic N) is 4. The Balaban J connectivity index is 0.00000324. The largest absolute Gasteiger partial charge is 1.00 e. The smallest absolute Gasteiger partial charge is 0.543 e. The predicted octanol–water partition coefficient (Wildman–Crippen LogP) is -3.51. The second kappa shape index (κ2) is 10.9. The number of anilines is 1. The molecule has 2 amide bonds. The van der Waals surface area contributed by atoms with Gasteiger partial charge in [0, 0.05) is 17.2 Å². The van der Waals surface area contributed by atoms with Crippen LogP contribution in [0, 0.1) is 0 Å². The topological polar surface area (TPSA) is 183 Å². The summed E-state index contributed by atoms with van der Waals surface area (Å²) in [6, 6.07) is 0.677. The Hall–Kier alpha value is -2.43. The summed E-state index contributed by atoms with van der Waals surface area (Å²) in [6.45, 7) is 0. The minimum absolute atomic E-state index is 0. The number of carboxylic acids is 1. The molecule has 2 aromatic heterocycles. The number of aliphatic carboxylic acids is 1. The number of carbonyl (C=O) groups excluding carboxylic acids is 3. The van der Waals surface area contributed by atoms with Gasteiger partial charge in [0.2, 0.25) is 5.88 Å². The average molecular weight is 531 g/mol. The zero-order valence-corrected chi connectivity index (χ0v) is 22.2. The molecule has 172 valence electrons. The first kappa shape index (κ1) is 26.2. The molecule has 1 fully saturated rings. The average Bonchev–Trinajstić information content (AvgIpc) is 3.44. The number of allylic oxidation sites excluding steroid dienone is 1. The summed E-state index contributed by atoms with van der Waals surface area (Å²) in [6.07, 6.45) is 3.26. The Kier molecular flexibility index (Phi) is 8.38. The molecule has 34 heavy (non-hydrogen) atoms. The Morgan fingerprint density at radius 1 is 1.44 bits per heavy atom. The van der Waals surface area contributed by atoms with Gasteiger partial charge in [-0.25, -0.2) is 4.98 Å². The van der Waals surface area contributed by atoms with Crippen LogP contribution in [-0.2, 0) is 14.4 Å². The minimum Gasteiger partial charge on any atom is -0.543 e. The number of nitrogens with two attached hydrogens (primary N) is 1. The van der Waals surface area contributed by atoms with Gasteiger partial charge >= 0.3 is 29.6 Å². The van der Waals surface area contributed by atoms with Gasteiger partial charge in [-0.1, -0.05) is 11.2 Å². The van der Waals surface area contributed by atoms with Crippen LogP contribution in [0.2, 0.25) is 0 Å². The summed E-state index contributed by atoms with van der Waals surface area (Å²) < 4.78 is 9.08. The standard InChI is InChI=1S/C18H16N6O6S3.Na/c1-30-10-4-8(33-23-10)3-2-7-5-31-16-12(15(26)24(16)13(7)17(27)28)21-14(25)11(22-29)9-6-32-18(19)20-9;/h2-4,6,12,16,29H,5H2,1H3,(H2,19,20)(H,21,25)(H,27,28);/q;+1/p-1/b3-2+,22-11-;/t12-,16-;/m1./s1. The van der Waals surface area contributed by atoms with Crippen molar-refractivity contribution in [2.24, 2.45) is 5.16 Å². The number of fused-ring (bicyclic) bond motifs is 1. The van der Waals surface area contributed by atoms with Crippen molar-refractivity contribution in [1.29, 1.82) is 0 Å². The van der Waals surface area contributed by atoms with E-state index in [0.717, 1.165) is 21.1 Å². The number of rotatable bonds is 7. The molecule has 0 saturated carbocycles. The van der Waals surface area contributed by atoms with Gasteiger partial charge in [0.05, 0.1) is 23.7 Å². The van der Waals surface area contributed by atoms with Gasteiger partial charge in [0.1, 0.15) is 17.1 Å². The van der Waals surface area contributed by atoms with Crippen molar-refractivity contribution in [3.05, 3.63) is 39.4 Å². The fraction of sp³-hybridized carbons (Fsp3) is 0.222. The molecule has 1 saturated heterocycles. The summed E-state index contributed by atoms with van der Waals surface area (Å²) in [5, 5.41) is 27.4. The molecule has 0 spiro atoms. The van der Waals surface area contributed by atoms with E-state index in [0.29, 0.717) is 11.5 Å². The summed E-state index contributed by atoms with van der Waals surface area (Å²) in [5.41, 5.74) is 5.31. The Morgan fingerprint density at radius 2 is 2.21 bits per heavy atom. The molecule has 2 atom stereocenters. The van der Waals surface area contributed by atoms with E-state index in [4.69, 9.17) is 10.5 Å². The monoisotopic (exact) mass is 530 g/mol. The SMILES string of the molecule is COc1cc(/C=C/C2=C(C(=O)[O-])N3C(=O)[C@@H](NC(=O)/C(=N\O)c4csc(N)n4)[C@H]3SC2)sn1.[Na+]. The third kappa shape index (κ3) is 4.99. The molecule has 0 bridgehead atoms. The van der Waals surface area contributed by atoms with Crippen molar-refractivity contribution in [3.8, 4) is 5.88 Å². The van der Waals surface area contributed by atoms with Crippen LogP contribution in [0.25, 0.3) is 6.08 Å². The Bertz CT molecular complexity index is 1220. The van der Waals surface area contributed by atoms with Gasteiger partial charge in [0.25, 0.3) is 11.8 Å². The molecule has 2 aliphatic heterocycles. The van der Waals surface area contributed by atoms with E-state index in [1.54, 1.807) is 18.2 Å². The normalized spacial score (nSPS) is 20.0. The summed E-state index contributed by atoms with van der Waals surface area (Å²) >= 11 is 3.50. The summed E-state index contributed by atoms with van der Waals surface area (Å²) in [7, 11) is 1.49. The zero-order chi connectivity index (χ0) is 23.7. The van der Waals surface area contributed by atoms with Gasteiger partial charge in [-0.05, 0) is 23.2 Å². The fourth-order valence-electron chi connectivity index (χ4n) is 3.21. The van der Waals surface area contributed by atoms with E-state index in [1.807, 2.05) is 0 Å². The molecule has 12 nitrogen and oxygen atoms in total. The predicted molar refractivity (Wildman–Crippen MR) is 120 cm³/mol. The van der Waals surface area contributed by atoms with Crippen molar-refractivity contribution in [1.82, 2.24) is 19.6 Å². The van der Waals surface area contributed by atoms with Crippen molar-refractivity contribution >= 4 is 69.3 Å². The van der Waals surface area contributed by atoms with E-state index in [2.05, 4.69) is 19.8 Å². The fourth-order valence-corrected chi connectivity index (χ4v) is 5.68. The molecule has 4 rings (SSSR count). The van der Waals surface area contributed by atoms with Crippen LogP contribution in [0.15, 0.2) is 33.9 Å².